The van der Waals surface area contributed by atoms with Gasteiger partial charge in [-0.3, -0.25) is 19.8 Å². The number of likely N-dealkylation sites (N-methyl/N-ethyl adjacent to an activating group) is 1. The summed E-state index contributed by atoms with van der Waals surface area (Å²) in [5.74, 6) is 0.0657. The largest absolute Gasteiger partial charge is 0.442 e. The van der Waals surface area contributed by atoms with Gasteiger partial charge in [0.05, 0.1) is 32.0 Å². The highest BCUT2D eigenvalue weighted by atomic mass is 35.5. The summed E-state index contributed by atoms with van der Waals surface area (Å²) in [4.78, 5) is 41.9. The minimum Gasteiger partial charge on any atom is -0.442 e. The number of benzene rings is 2. The molecule has 0 aliphatic carbocycles. The van der Waals surface area contributed by atoms with Crippen LogP contribution in [0, 0.1) is 0 Å². The van der Waals surface area contributed by atoms with Crippen LogP contribution in [0.25, 0.3) is 0 Å². The Labute approximate surface area is 218 Å². The number of ether oxygens (including phenoxy) is 1. The monoisotopic (exact) mass is 533 g/mol. The summed E-state index contributed by atoms with van der Waals surface area (Å²) in [5.41, 5.74) is 4.65. The van der Waals surface area contributed by atoms with E-state index >= 15 is 0 Å². The average molecular weight is 534 g/mol. The van der Waals surface area contributed by atoms with E-state index in [1.807, 2.05) is 0 Å². The van der Waals surface area contributed by atoms with Crippen molar-refractivity contribution in [3.8, 4) is 5.75 Å². The van der Waals surface area contributed by atoms with Gasteiger partial charge in [-0.1, -0.05) is 23.7 Å². The van der Waals surface area contributed by atoms with Crippen LogP contribution in [0.5, 0.6) is 5.75 Å². The number of aliphatic hydroxyl groups is 3. The topological polar surface area (TPSA) is 178 Å². The molecule has 0 aromatic heterocycles. The Kier molecular flexibility index (Phi) is 11.0. The second kappa shape index (κ2) is 13.9. The van der Waals surface area contributed by atoms with Crippen LogP contribution in [0.3, 0.4) is 0 Å². The number of carbonyl (C=O) groups excluding carboxylic acids is 3. The number of aliphatic hydroxyl groups excluding tert-OH is 2. The van der Waals surface area contributed by atoms with Gasteiger partial charge in [0.25, 0.3) is 0 Å². The lowest BCUT2D eigenvalue weighted by Gasteiger charge is -2.30. The van der Waals surface area contributed by atoms with Crippen LogP contribution in [0.2, 0.25) is 5.02 Å². The maximum absolute atomic E-state index is 12.8. The molecule has 2 rings (SSSR count). The maximum atomic E-state index is 12.8. The summed E-state index contributed by atoms with van der Waals surface area (Å²) < 4.78 is 5.28. The Morgan fingerprint density at radius 2 is 1.76 bits per heavy atom. The molecule has 0 fully saturated rings. The molecule has 0 atom stereocenters. The van der Waals surface area contributed by atoms with Crippen LogP contribution < -0.4 is 15.8 Å². The first kappa shape index (κ1) is 29.3. The summed E-state index contributed by atoms with van der Waals surface area (Å²) in [6.07, 6.45) is 2.01. The Bertz CT molecular complexity index is 1120. The number of nitrogens with one attached hydrogen (secondary N) is 1. The molecule has 198 valence electrons. The fraction of sp³-hybridized carbons (Fsp3) is 0.250. The number of halogens is 1. The van der Waals surface area contributed by atoms with Gasteiger partial charge in [0, 0.05) is 18.1 Å². The highest BCUT2D eigenvalue weighted by Crippen LogP contribution is 2.20. The molecule has 3 amide bonds. The number of nitrogens with zero attached hydrogens (tertiary/aromatic N) is 3. The maximum Gasteiger partial charge on any atom is 0.324 e. The molecule has 12 nitrogen and oxygen atoms in total. The zero-order valence-corrected chi connectivity index (χ0v) is 20.7. The van der Waals surface area contributed by atoms with Crippen molar-refractivity contribution in [1.82, 2.24) is 15.1 Å². The van der Waals surface area contributed by atoms with E-state index in [-0.39, 0.29) is 18.4 Å². The number of carbonyl (C=O) groups is 3. The van der Waals surface area contributed by atoms with Crippen LogP contribution in [0.15, 0.2) is 65.5 Å². The Hall–Kier alpha value is -3.97. The number of allylic oxidation sites excluding steroid dienone is 1. The van der Waals surface area contributed by atoms with Crippen LogP contribution >= 0.6 is 11.6 Å². The first-order valence-corrected chi connectivity index (χ1v) is 11.2. The van der Waals surface area contributed by atoms with Crippen molar-refractivity contribution in [2.24, 2.45) is 10.7 Å². The van der Waals surface area contributed by atoms with Crippen LogP contribution in [-0.2, 0) is 16.1 Å². The molecule has 0 unspecified atom stereocenters. The Morgan fingerprint density at radius 3 is 2.30 bits per heavy atom. The average Bonchev–Trinajstić information content (AvgIpc) is 2.89. The highest BCUT2D eigenvalue weighted by Gasteiger charge is 2.29. The molecule has 2 aromatic rings. The minimum atomic E-state index is -1.92. The molecule has 0 radical (unpaired) electrons. The lowest BCUT2D eigenvalue weighted by atomic mass is 10.1. The normalized spacial score (nSPS) is 12.0. The molecule has 37 heavy (non-hydrogen) atoms. The summed E-state index contributed by atoms with van der Waals surface area (Å²) in [5, 5.41) is 31.8. The highest BCUT2D eigenvalue weighted by molar-refractivity contribution is 6.30. The second-order valence-electron chi connectivity index (χ2n) is 7.92. The van der Waals surface area contributed by atoms with Gasteiger partial charge in [0.15, 0.2) is 5.88 Å². The summed E-state index contributed by atoms with van der Waals surface area (Å²) >= 11 is 5.93. The molecule has 13 heteroatoms. The number of hydrogen-bond donors (Lipinski definition) is 5. The fourth-order valence-electron chi connectivity index (χ4n) is 2.92. The van der Waals surface area contributed by atoms with Gasteiger partial charge in [-0.2, -0.15) is 0 Å². The van der Waals surface area contributed by atoms with Crippen molar-refractivity contribution in [3.63, 3.8) is 0 Å². The van der Waals surface area contributed by atoms with Crippen LogP contribution in [0.1, 0.15) is 5.56 Å². The number of aldehydes is 1. The van der Waals surface area contributed by atoms with Crippen LogP contribution in [-0.4, -0.2) is 82.2 Å². The molecular formula is C24H28ClN5O7. The molecule has 2 aromatic carbocycles. The van der Waals surface area contributed by atoms with Gasteiger partial charge < -0.3 is 30.7 Å². The SMILES string of the molecule is CN(CC(O)(CO)CO)C(=O)NC(=Nc1ccc(O/C(N)=C/C=O)cc1)N(C=O)Cc1ccc(Cl)cc1. The quantitative estimate of drug-likeness (QED) is 0.0921. The van der Waals surface area contributed by atoms with E-state index in [9.17, 15) is 29.7 Å². The van der Waals surface area contributed by atoms with Crippen molar-refractivity contribution in [2.45, 2.75) is 12.1 Å². The molecule has 0 aliphatic heterocycles. The van der Waals surface area contributed by atoms with E-state index in [1.54, 1.807) is 24.3 Å². The third-order valence-corrected chi connectivity index (χ3v) is 5.14. The van der Waals surface area contributed by atoms with Gasteiger partial charge in [-0.25, -0.2) is 9.79 Å². The first-order valence-electron chi connectivity index (χ1n) is 10.8. The van der Waals surface area contributed by atoms with Gasteiger partial charge in [0.1, 0.15) is 17.6 Å². The molecule has 0 spiro atoms. The zero-order chi connectivity index (χ0) is 27.4. The van der Waals surface area contributed by atoms with Crippen LogP contribution in [0.4, 0.5) is 10.5 Å². The minimum absolute atomic E-state index is 0.0366. The van der Waals surface area contributed by atoms with E-state index in [1.165, 1.54) is 31.3 Å². The van der Waals surface area contributed by atoms with Gasteiger partial charge in [0.2, 0.25) is 12.4 Å². The number of aliphatic imine (C=N–C) groups is 1. The van der Waals surface area contributed by atoms with E-state index in [0.29, 0.717) is 34.7 Å². The Morgan fingerprint density at radius 1 is 1.14 bits per heavy atom. The predicted octanol–water partition coefficient (Wildman–Crippen LogP) is 0.721. The summed E-state index contributed by atoms with van der Waals surface area (Å²) in [7, 11) is 1.33. The Balaban J connectivity index is 2.34. The number of nitrogens with two attached hydrogens (primary N) is 1. The fourth-order valence-corrected chi connectivity index (χ4v) is 3.04. The van der Waals surface area contributed by atoms with Crippen molar-refractivity contribution in [1.29, 1.82) is 0 Å². The molecule has 0 bridgehead atoms. The van der Waals surface area contributed by atoms with Gasteiger partial charge >= 0.3 is 6.03 Å². The number of rotatable bonds is 11. The molecule has 6 N–H and O–H groups in total. The lowest BCUT2D eigenvalue weighted by Crippen LogP contribution is -2.54. The molecule has 0 saturated heterocycles. The lowest BCUT2D eigenvalue weighted by molar-refractivity contribution is -0.115. The summed E-state index contributed by atoms with van der Waals surface area (Å²) in [6.45, 7) is -1.92. The third-order valence-electron chi connectivity index (χ3n) is 4.89. The van der Waals surface area contributed by atoms with Gasteiger partial charge in [-0.05, 0) is 42.0 Å². The standard InChI is InChI=1S/C24H28ClN5O7/c1-29(13-24(36,14-32)15-33)23(35)28-22(30(16-34)12-17-2-4-18(25)5-3-17)27-19-6-8-20(9-7-19)37-21(26)10-11-31/h2-11,16,32-33,36H,12-15,26H2,1H3,(H,27,28,35)/b21-10+. The number of guanidine groups is 1. The van der Waals surface area contributed by atoms with E-state index in [0.717, 1.165) is 15.9 Å². The molecule has 0 aliphatic rings. The van der Waals surface area contributed by atoms with E-state index in [2.05, 4.69) is 10.3 Å². The van der Waals surface area contributed by atoms with Crippen molar-refractivity contribution < 1.29 is 34.4 Å². The van der Waals surface area contributed by atoms with E-state index in [4.69, 9.17) is 22.1 Å². The molecule has 0 saturated carbocycles. The van der Waals surface area contributed by atoms with Crippen molar-refractivity contribution in [2.75, 3.05) is 26.8 Å². The molecule has 0 heterocycles. The smallest absolute Gasteiger partial charge is 0.324 e. The number of amides is 3. The second-order valence-corrected chi connectivity index (χ2v) is 8.36. The summed E-state index contributed by atoms with van der Waals surface area (Å²) in [6, 6.07) is 12.0. The number of hydrogen-bond acceptors (Lipinski definition) is 9. The van der Waals surface area contributed by atoms with Crippen molar-refractivity contribution in [3.05, 3.63) is 71.1 Å². The van der Waals surface area contributed by atoms with Gasteiger partial charge in [-0.15, -0.1) is 0 Å². The van der Waals surface area contributed by atoms with E-state index < -0.39 is 31.4 Å². The first-order chi connectivity index (χ1) is 17.6. The number of urea groups is 1. The zero-order valence-electron chi connectivity index (χ0n) is 20.0. The van der Waals surface area contributed by atoms with Crippen molar-refractivity contribution >= 4 is 42.0 Å². The third kappa shape index (κ3) is 9.20. The predicted molar refractivity (Wildman–Crippen MR) is 136 cm³/mol. The molecular weight excluding hydrogens is 506 g/mol.